The van der Waals surface area contributed by atoms with Crippen molar-refractivity contribution in [2.45, 2.75) is 25.4 Å². The second-order valence-corrected chi connectivity index (χ2v) is 6.16. The predicted octanol–water partition coefficient (Wildman–Crippen LogP) is 2.94. The molecule has 0 unspecified atom stereocenters. The quantitative estimate of drug-likeness (QED) is 0.636. The van der Waals surface area contributed by atoms with Crippen LogP contribution in [0.1, 0.15) is 25.3 Å². The highest BCUT2D eigenvalue weighted by molar-refractivity contribution is 6.07. The molecule has 4 atom stereocenters. The average Bonchev–Trinajstić information content (AvgIpc) is 3.01. The van der Waals surface area contributed by atoms with E-state index < -0.39 is 5.60 Å². The van der Waals surface area contributed by atoms with Gasteiger partial charge in [-0.3, -0.25) is 0 Å². The number of hydrogen-bond donors (Lipinski definition) is 0. The summed E-state index contributed by atoms with van der Waals surface area (Å²) >= 11 is 0. The number of nitrogens with zero attached hydrogens (tertiary/aromatic N) is 1. The van der Waals surface area contributed by atoms with Gasteiger partial charge in [0, 0.05) is 5.92 Å². The zero-order chi connectivity index (χ0) is 15.2. The van der Waals surface area contributed by atoms with E-state index in [0.29, 0.717) is 6.61 Å². The first kappa shape index (κ1) is 13.6. The normalized spacial score (nSPS) is 34.8. The SMILES string of the molecule is CCOC(=O)[C@@]12ON=C(c3ccccc3)[C@@H]1[C@H]1C=C[C@@H]2CC1. The van der Waals surface area contributed by atoms with Crippen molar-refractivity contribution in [1.82, 2.24) is 0 Å². The van der Waals surface area contributed by atoms with Gasteiger partial charge in [-0.1, -0.05) is 47.6 Å². The number of rotatable bonds is 3. The van der Waals surface area contributed by atoms with Gasteiger partial charge in [0.1, 0.15) is 0 Å². The number of esters is 1. The van der Waals surface area contributed by atoms with E-state index in [2.05, 4.69) is 17.3 Å². The Hall–Kier alpha value is -2.10. The van der Waals surface area contributed by atoms with Crippen LogP contribution in [-0.2, 0) is 14.4 Å². The fourth-order valence-corrected chi connectivity index (χ4v) is 4.14. The van der Waals surface area contributed by atoms with Crippen LogP contribution in [0.25, 0.3) is 0 Å². The summed E-state index contributed by atoms with van der Waals surface area (Å²) in [6.45, 7) is 2.19. The van der Waals surface area contributed by atoms with Crippen LogP contribution in [0.4, 0.5) is 0 Å². The van der Waals surface area contributed by atoms with Crippen molar-refractivity contribution in [3.8, 4) is 0 Å². The molecule has 0 amide bonds. The van der Waals surface area contributed by atoms with E-state index in [4.69, 9.17) is 9.57 Å². The van der Waals surface area contributed by atoms with Gasteiger partial charge in [-0.2, -0.15) is 0 Å². The van der Waals surface area contributed by atoms with Crippen LogP contribution in [-0.4, -0.2) is 23.9 Å². The molecule has 0 saturated heterocycles. The second-order valence-electron chi connectivity index (χ2n) is 6.16. The molecule has 4 nitrogen and oxygen atoms in total. The summed E-state index contributed by atoms with van der Waals surface area (Å²) in [5, 5.41) is 4.34. The molecule has 0 N–H and O–H groups in total. The van der Waals surface area contributed by atoms with Gasteiger partial charge in [0.15, 0.2) is 0 Å². The van der Waals surface area contributed by atoms with Gasteiger partial charge in [-0.15, -0.1) is 0 Å². The van der Waals surface area contributed by atoms with E-state index in [1.807, 2.05) is 37.3 Å². The van der Waals surface area contributed by atoms with Crippen LogP contribution < -0.4 is 0 Å². The first-order valence-electron chi connectivity index (χ1n) is 7.94. The summed E-state index contributed by atoms with van der Waals surface area (Å²) in [5.74, 6) is 0.0220. The Morgan fingerprint density at radius 1 is 1.32 bits per heavy atom. The van der Waals surface area contributed by atoms with Crippen LogP contribution in [0.2, 0.25) is 0 Å². The van der Waals surface area contributed by atoms with Crippen molar-refractivity contribution < 1.29 is 14.4 Å². The molecule has 0 radical (unpaired) electrons. The Kier molecular flexibility index (Phi) is 3.06. The minimum Gasteiger partial charge on any atom is -0.463 e. The lowest BCUT2D eigenvalue weighted by atomic mass is 9.58. The molecule has 4 heteroatoms. The highest BCUT2D eigenvalue weighted by Gasteiger charge is 2.65. The first-order chi connectivity index (χ1) is 10.8. The topological polar surface area (TPSA) is 47.9 Å². The Morgan fingerprint density at radius 2 is 2.14 bits per heavy atom. The van der Waals surface area contributed by atoms with Crippen molar-refractivity contribution in [3.05, 3.63) is 48.0 Å². The van der Waals surface area contributed by atoms with E-state index in [9.17, 15) is 4.79 Å². The molecule has 5 rings (SSSR count). The maximum atomic E-state index is 12.7. The summed E-state index contributed by atoms with van der Waals surface area (Å²) < 4.78 is 5.35. The van der Waals surface area contributed by atoms with Crippen LogP contribution in [0.15, 0.2) is 47.6 Å². The van der Waals surface area contributed by atoms with E-state index in [-0.39, 0.29) is 23.7 Å². The third-order valence-electron chi connectivity index (χ3n) is 5.10. The Balaban J connectivity index is 1.78. The van der Waals surface area contributed by atoms with Crippen molar-refractivity contribution >= 4 is 11.7 Å². The Bertz CT molecular complexity index is 652. The molecule has 114 valence electrons. The largest absolute Gasteiger partial charge is 0.463 e. The number of hydrogen-bond acceptors (Lipinski definition) is 4. The Labute approximate surface area is 129 Å². The predicted molar refractivity (Wildman–Crippen MR) is 82.3 cm³/mol. The zero-order valence-corrected chi connectivity index (χ0v) is 12.6. The maximum Gasteiger partial charge on any atom is 0.354 e. The fourth-order valence-electron chi connectivity index (χ4n) is 4.14. The molecule has 22 heavy (non-hydrogen) atoms. The second kappa shape index (κ2) is 4.97. The fraction of sp³-hybridized carbons (Fsp3) is 0.444. The molecule has 0 aromatic heterocycles. The number of carbonyl (C=O) groups excluding carboxylic acids is 1. The van der Waals surface area contributed by atoms with Gasteiger partial charge >= 0.3 is 5.97 Å². The van der Waals surface area contributed by atoms with Gasteiger partial charge in [0.2, 0.25) is 5.60 Å². The van der Waals surface area contributed by atoms with E-state index >= 15 is 0 Å². The molecule has 1 saturated carbocycles. The van der Waals surface area contributed by atoms with E-state index in [1.165, 1.54) is 0 Å². The summed E-state index contributed by atoms with van der Waals surface area (Å²) in [5.41, 5.74) is 0.950. The lowest BCUT2D eigenvalue weighted by molar-refractivity contribution is -0.187. The lowest BCUT2D eigenvalue weighted by Gasteiger charge is -2.46. The van der Waals surface area contributed by atoms with Crippen molar-refractivity contribution in [2.24, 2.45) is 22.9 Å². The highest BCUT2D eigenvalue weighted by Crippen LogP contribution is 2.54. The van der Waals surface area contributed by atoms with Gasteiger partial charge in [0.25, 0.3) is 0 Å². The van der Waals surface area contributed by atoms with Crippen molar-refractivity contribution in [2.75, 3.05) is 6.61 Å². The average molecular weight is 297 g/mol. The van der Waals surface area contributed by atoms with Gasteiger partial charge in [-0.25, -0.2) is 4.79 Å². The van der Waals surface area contributed by atoms with Gasteiger partial charge < -0.3 is 9.57 Å². The number of oxime groups is 1. The molecule has 4 aliphatic rings. The van der Waals surface area contributed by atoms with E-state index in [1.54, 1.807) is 0 Å². The molecule has 1 heterocycles. The summed E-state index contributed by atoms with van der Waals surface area (Å²) in [6.07, 6.45) is 6.37. The van der Waals surface area contributed by atoms with Gasteiger partial charge in [-0.05, 0) is 31.2 Å². The molecule has 1 aromatic rings. The van der Waals surface area contributed by atoms with Crippen LogP contribution in [0, 0.1) is 17.8 Å². The molecular weight excluding hydrogens is 278 g/mol. The number of benzene rings is 1. The minimum absolute atomic E-state index is 0.0438. The Morgan fingerprint density at radius 3 is 2.82 bits per heavy atom. The molecule has 0 spiro atoms. The molecule has 1 aromatic carbocycles. The molecule has 1 aliphatic heterocycles. The third-order valence-corrected chi connectivity index (χ3v) is 5.10. The smallest absolute Gasteiger partial charge is 0.354 e. The molecule has 2 bridgehead atoms. The van der Waals surface area contributed by atoms with Crippen LogP contribution >= 0.6 is 0 Å². The van der Waals surface area contributed by atoms with Crippen molar-refractivity contribution in [1.29, 1.82) is 0 Å². The number of carbonyl (C=O) groups is 1. The standard InChI is InChI=1S/C18H19NO3/c1-2-21-17(20)18-14-10-8-12(9-11-14)15(18)16(19-22-18)13-6-4-3-5-7-13/h3-8,10,12,14-15H,2,9,11H2,1H3/t12-,14+,15-,18-/m0/s1. The maximum absolute atomic E-state index is 12.7. The molecule has 1 fully saturated rings. The summed E-state index contributed by atoms with van der Waals surface area (Å²) in [7, 11) is 0. The number of fused-ring (bicyclic) bond motifs is 1. The summed E-state index contributed by atoms with van der Waals surface area (Å²) in [4.78, 5) is 18.5. The highest BCUT2D eigenvalue weighted by atomic mass is 16.7. The van der Waals surface area contributed by atoms with Gasteiger partial charge in [0.05, 0.1) is 18.2 Å². The third kappa shape index (κ3) is 1.70. The van der Waals surface area contributed by atoms with Crippen molar-refractivity contribution in [3.63, 3.8) is 0 Å². The monoisotopic (exact) mass is 297 g/mol. The minimum atomic E-state index is -0.959. The van der Waals surface area contributed by atoms with Crippen LogP contribution in [0.3, 0.4) is 0 Å². The van der Waals surface area contributed by atoms with E-state index in [0.717, 1.165) is 24.1 Å². The van der Waals surface area contributed by atoms with Crippen LogP contribution in [0.5, 0.6) is 0 Å². The molecular formula is C18H19NO3. The zero-order valence-electron chi connectivity index (χ0n) is 12.6. The molecule has 3 aliphatic carbocycles. The first-order valence-corrected chi connectivity index (χ1v) is 7.94. The lowest BCUT2D eigenvalue weighted by Crippen LogP contribution is -2.59. The number of allylic oxidation sites excluding steroid dienone is 1. The summed E-state index contributed by atoms with van der Waals surface area (Å²) in [6, 6.07) is 9.99. The number of ether oxygens (including phenoxy) is 1.